The maximum atomic E-state index is 14.4. The molecule has 3 aromatic heterocycles. The van der Waals surface area contributed by atoms with E-state index in [4.69, 9.17) is 11.6 Å². The van der Waals surface area contributed by atoms with Crippen molar-refractivity contribution in [3.63, 3.8) is 0 Å². The molecule has 0 aliphatic heterocycles. The van der Waals surface area contributed by atoms with Crippen LogP contribution in [-0.4, -0.2) is 44.4 Å². The topological polar surface area (TPSA) is 86.8 Å². The van der Waals surface area contributed by atoms with Crippen LogP contribution >= 0.6 is 11.6 Å². The lowest BCUT2D eigenvalue weighted by atomic mass is 9.87. The predicted octanol–water partition coefficient (Wildman–Crippen LogP) is 6.47. The van der Waals surface area contributed by atoms with Gasteiger partial charge in [-0.1, -0.05) is 11.6 Å². The van der Waals surface area contributed by atoms with Crippen LogP contribution < -0.4 is 4.74 Å². The number of alkyl halides is 3. The Morgan fingerprint density at radius 2 is 1.92 bits per heavy atom. The fraction of sp³-hybridized carbons (Fsp3) is 0.360. The number of aliphatic hydroxyl groups is 1. The molecule has 1 saturated carbocycles. The maximum absolute atomic E-state index is 14.4. The lowest BCUT2D eigenvalue weighted by molar-refractivity contribution is -0.0506. The highest BCUT2D eigenvalue weighted by molar-refractivity contribution is 6.31. The van der Waals surface area contributed by atoms with Gasteiger partial charge in [0, 0.05) is 40.7 Å². The summed E-state index contributed by atoms with van der Waals surface area (Å²) in [5.74, 6) is -1.40. The average molecular weight is 523 g/mol. The number of halogens is 5. The molecule has 0 bridgehead atoms. The fourth-order valence-corrected chi connectivity index (χ4v) is 5.17. The zero-order valence-electron chi connectivity index (χ0n) is 18.9. The van der Waals surface area contributed by atoms with Crippen LogP contribution in [0.4, 0.5) is 17.6 Å². The molecule has 0 spiro atoms. The largest absolute Gasteiger partial charge is 0.434 e. The Morgan fingerprint density at radius 1 is 1.14 bits per heavy atom. The Kier molecular flexibility index (Phi) is 6.90. The number of nitrogens with one attached hydrogen (secondary N) is 2. The van der Waals surface area contributed by atoms with Crippen molar-refractivity contribution in [2.45, 2.75) is 50.2 Å². The average Bonchev–Trinajstić information content (AvgIpc) is 3.51. The molecule has 5 rings (SSSR count). The molecule has 3 N–H and O–H groups in total. The summed E-state index contributed by atoms with van der Waals surface area (Å²) >= 11 is 6.11. The first-order chi connectivity index (χ1) is 17.4. The van der Waals surface area contributed by atoms with Crippen LogP contribution in [0, 0.1) is 5.82 Å². The zero-order chi connectivity index (χ0) is 25.4. The number of aliphatic hydroxyl groups excluding tert-OH is 1. The molecule has 1 fully saturated rings. The first-order valence-electron chi connectivity index (χ1n) is 11.5. The number of benzene rings is 1. The molecule has 6 nitrogen and oxygen atoms in total. The van der Waals surface area contributed by atoms with Gasteiger partial charge in [0.05, 0.1) is 23.0 Å². The fourth-order valence-electron chi connectivity index (χ4n) is 4.89. The smallest absolute Gasteiger partial charge is 0.387 e. The standard InChI is InChI=1S/C25H23ClF4N4O2/c26-22-18(28)5-6-20(36-25(29)30)21(22)16(8-27)17-10-32-24-15(17)7-13(9-31-24)19-11-33-23(34-19)12-1-3-14(35)4-2-12/h5-7,9-12,14,16,25,35H,1-4,8H2,(H,31,32)(H,33,34)/t12?,14?,16-/m0/s1. The third-order valence-corrected chi connectivity index (χ3v) is 7.12. The molecule has 0 amide bonds. The predicted molar refractivity (Wildman–Crippen MR) is 127 cm³/mol. The van der Waals surface area contributed by atoms with Crippen LogP contribution in [0.3, 0.4) is 0 Å². The first kappa shape index (κ1) is 24.6. The van der Waals surface area contributed by atoms with Crippen molar-refractivity contribution in [1.82, 2.24) is 19.9 Å². The van der Waals surface area contributed by atoms with Gasteiger partial charge in [-0.2, -0.15) is 8.78 Å². The van der Waals surface area contributed by atoms with Gasteiger partial charge >= 0.3 is 6.61 Å². The van der Waals surface area contributed by atoms with Crippen molar-refractivity contribution in [3.05, 3.63) is 64.6 Å². The third kappa shape index (κ3) is 4.67. The second-order valence-electron chi connectivity index (χ2n) is 8.91. The van der Waals surface area contributed by atoms with Crippen molar-refractivity contribution < 1.29 is 27.4 Å². The number of ether oxygens (including phenoxy) is 1. The van der Waals surface area contributed by atoms with E-state index in [-0.39, 0.29) is 17.6 Å². The van der Waals surface area contributed by atoms with Crippen LogP contribution in [-0.2, 0) is 0 Å². The van der Waals surface area contributed by atoms with Gasteiger partial charge in [-0.05, 0) is 49.4 Å². The quantitative estimate of drug-likeness (QED) is 0.243. The Bertz CT molecular complexity index is 1370. The highest BCUT2D eigenvalue weighted by Gasteiger charge is 2.28. The van der Waals surface area contributed by atoms with Gasteiger partial charge < -0.3 is 19.8 Å². The highest BCUT2D eigenvalue weighted by Crippen LogP contribution is 2.42. The van der Waals surface area contributed by atoms with E-state index in [0.717, 1.165) is 43.6 Å². The molecular weight excluding hydrogens is 500 g/mol. The molecule has 0 radical (unpaired) electrons. The monoisotopic (exact) mass is 522 g/mol. The number of fused-ring (bicyclic) bond motifs is 1. The third-order valence-electron chi connectivity index (χ3n) is 6.74. The molecule has 11 heteroatoms. The van der Waals surface area contributed by atoms with Crippen molar-refractivity contribution in [2.75, 3.05) is 6.67 Å². The summed E-state index contributed by atoms with van der Waals surface area (Å²) < 4.78 is 59.2. The first-order valence-corrected chi connectivity index (χ1v) is 11.9. The van der Waals surface area contributed by atoms with Crippen LogP contribution in [0.2, 0.25) is 5.02 Å². The molecule has 1 aliphatic carbocycles. The molecular formula is C25H23ClF4N4O2. The number of hydrogen-bond donors (Lipinski definition) is 3. The van der Waals surface area contributed by atoms with E-state index in [1.165, 1.54) is 6.20 Å². The van der Waals surface area contributed by atoms with Gasteiger partial charge in [-0.25, -0.2) is 14.4 Å². The molecule has 1 atom stereocenters. The van der Waals surface area contributed by atoms with E-state index in [0.29, 0.717) is 27.9 Å². The second kappa shape index (κ2) is 10.1. The SMILES string of the molecule is OC1CCC(c2ncc(-c3cnc4[nH]cc([C@H](CF)c5c(OC(F)F)ccc(F)c5Cl)c4c3)[nH]2)CC1. The van der Waals surface area contributed by atoms with Gasteiger partial charge in [-0.3, -0.25) is 4.39 Å². The molecule has 36 heavy (non-hydrogen) atoms. The molecule has 4 aromatic rings. The summed E-state index contributed by atoms with van der Waals surface area (Å²) in [6, 6.07) is 3.69. The van der Waals surface area contributed by atoms with Gasteiger partial charge in [0.15, 0.2) is 0 Å². The van der Waals surface area contributed by atoms with Gasteiger partial charge in [-0.15, -0.1) is 0 Å². The van der Waals surface area contributed by atoms with E-state index in [1.54, 1.807) is 18.5 Å². The molecule has 0 saturated heterocycles. The molecule has 0 unspecified atom stereocenters. The van der Waals surface area contributed by atoms with E-state index >= 15 is 0 Å². The van der Waals surface area contributed by atoms with E-state index in [9.17, 15) is 22.7 Å². The minimum absolute atomic E-state index is 0.200. The highest BCUT2D eigenvalue weighted by atomic mass is 35.5. The van der Waals surface area contributed by atoms with Gasteiger partial charge in [0.25, 0.3) is 0 Å². The summed E-state index contributed by atoms with van der Waals surface area (Å²) in [6.45, 7) is -4.23. The second-order valence-corrected chi connectivity index (χ2v) is 9.29. The maximum Gasteiger partial charge on any atom is 0.387 e. The van der Waals surface area contributed by atoms with Gasteiger partial charge in [0.1, 0.15) is 29.7 Å². The van der Waals surface area contributed by atoms with E-state index in [2.05, 4.69) is 24.7 Å². The molecule has 190 valence electrons. The van der Waals surface area contributed by atoms with Crippen molar-refractivity contribution in [1.29, 1.82) is 0 Å². The van der Waals surface area contributed by atoms with E-state index in [1.807, 2.05) is 0 Å². The number of pyridine rings is 1. The van der Waals surface area contributed by atoms with Crippen molar-refractivity contribution in [3.8, 4) is 17.0 Å². The zero-order valence-corrected chi connectivity index (χ0v) is 19.7. The van der Waals surface area contributed by atoms with Crippen LogP contribution in [0.15, 0.2) is 36.8 Å². The lowest BCUT2D eigenvalue weighted by Crippen LogP contribution is -2.17. The number of rotatable bonds is 7. The summed E-state index contributed by atoms with van der Waals surface area (Å²) in [7, 11) is 0. The van der Waals surface area contributed by atoms with Gasteiger partial charge in [0.2, 0.25) is 0 Å². The summed E-state index contributed by atoms with van der Waals surface area (Å²) in [4.78, 5) is 15.2. The van der Waals surface area contributed by atoms with Crippen molar-refractivity contribution >= 4 is 22.6 Å². The van der Waals surface area contributed by atoms with Crippen LogP contribution in [0.1, 0.15) is 54.5 Å². The van der Waals surface area contributed by atoms with E-state index < -0.39 is 35.8 Å². The summed E-state index contributed by atoms with van der Waals surface area (Å²) in [6.07, 6.45) is 7.69. The molecule has 3 heterocycles. The molecule has 1 aliphatic rings. The van der Waals surface area contributed by atoms with Crippen LogP contribution in [0.5, 0.6) is 5.75 Å². The number of imidazole rings is 1. The summed E-state index contributed by atoms with van der Waals surface area (Å²) in [5.41, 5.74) is 2.01. The Morgan fingerprint density at radius 3 is 2.64 bits per heavy atom. The van der Waals surface area contributed by atoms with Crippen molar-refractivity contribution in [2.24, 2.45) is 0 Å². The number of nitrogens with zero attached hydrogens (tertiary/aromatic N) is 2. The minimum atomic E-state index is -3.19. The Balaban J connectivity index is 1.53. The Labute approximate surface area is 208 Å². The lowest BCUT2D eigenvalue weighted by Gasteiger charge is -2.23. The van der Waals surface area contributed by atoms with Crippen LogP contribution in [0.25, 0.3) is 22.3 Å². The minimum Gasteiger partial charge on any atom is -0.434 e. The normalized spacial score (nSPS) is 19.2. The number of H-pyrrole nitrogens is 2. The number of aromatic nitrogens is 4. The Hall–Kier alpha value is -3.11. The molecule has 1 aromatic carbocycles. The summed E-state index contributed by atoms with van der Waals surface area (Å²) in [5, 5.41) is 9.80. The number of aromatic amines is 2. The number of hydrogen-bond acceptors (Lipinski definition) is 4.